The fraction of sp³-hybridized carbons (Fsp3) is 0.684. The van der Waals surface area contributed by atoms with Crippen molar-refractivity contribution in [3.05, 3.63) is 23.5 Å². The van der Waals surface area contributed by atoms with E-state index in [0.29, 0.717) is 25.1 Å². The van der Waals surface area contributed by atoms with E-state index in [0.717, 1.165) is 0 Å². The number of likely N-dealkylation sites (tertiary alicyclic amines) is 1. The van der Waals surface area contributed by atoms with Gasteiger partial charge in [-0.25, -0.2) is 4.79 Å². The molecule has 1 amide bonds. The smallest absolute Gasteiger partial charge is 0.410 e. The number of nitrogens with one attached hydrogen (secondary N) is 1. The highest BCUT2D eigenvalue weighted by Gasteiger charge is 2.38. The molecule has 0 aromatic rings. The highest BCUT2D eigenvalue weighted by atomic mass is 19.1. The van der Waals surface area contributed by atoms with Crippen molar-refractivity contribution in [1.29, 1.82) is 5.41 Å². The second-order valence-electron chi connectivity index (χ2n) is 7.48. The molecule has 0 spiro atoms. The molecule has 2 atom stereocenters. The topological polar surface area (TPSA) is 71.8 Å². The van der Waals surface area contributed by atoms with Crippen LogP contribution >= 0.6 is 0 Å². The highest BCUT2D eigenvalue weighted by Crippen LogP contribution is 2.27. The molecule has 26 heavy (non-hydrogen) atoms. The Hall–Kier alpha value is -1.89. The van der Waals surface area contributed by atoms with E-state index >= 15 is 0 Å². The van der Waals surface area contributed by atoms with E-state index in [4.69, 9.17) is 19.6 Å². The molecule has 1 aliphatic heterocycles. The quantitative estimate of drug-likeness (QED) is 0.416. The van der Waals surface area contributed by atoms with Gasteiger partial charge in [0.15, 0.2) is 5.76 Å². The van der Waals surface area contributed by atoms with Crippen LogP contribution in [0.1, 0.15) is 41.0 Å². The minimum absolute atomic E-state index is 0.0932. The number of hydrogen-bond acceptors (Lipinski definition) is 5. The Morgan fingerprint density at radius 3 is 2.50 bits per heavy atom. The van der Waals surface area contributed by atoms with Gasteiger partial charge in [-0.2, -0.15) is 4.39 Å². The van der Waals surface area contributed by atoms with Crippen LogP contribution in [0.2, 0.25) is 0 Å². The third-order valence-corrected chi connectivity index (χ3v) is 3.93. The molecule has 1 rings (SSSR count). The monoisotopic (exact) mass is 370 g/mol. The molecule has 0 aliphatic carbocycles. The Labute approximate surface area is 155 Å². The molecule has 1 heterocycles. The van der Waals surface area contributed by atoms with E-state index in [-0.39, 0.29) is 24.3 Å². The lowest BCUT2D eigenvalue weighted by molar-refractivity contribution is 0.0154. The maximum atomic E-state index is 13.5. The van der Waals surface area contributed by atoms with Crippen LogP contribution in [0.3, 0.4) is 0 Å². The van der Waals surface area contributed by atoms with Crippen LogP contribution in [-0.2, 0) is 14.2 Å². The lowest BCUT2D eigenvalue weighted by Crippen LogP contribution is -2.42. The Morgan fingerprint density at radius 1 is 1.35 bits per heavy atom. The van der Waals surface area contributed by atoms with Crippen molar-refractivity contribution in [3.63, 3.8) is 0 Å². The average molecular weight is 370 g/mol. The van der Waals surface area contributed by atoms with Crippen LogP contribution in [0, 0.1) is 11.3 Å². The second-order valence-corrected chi connectivity index (χ2v) is 7.48. The number of allylic oxidation sites excluding steroid dienone is 4. The van der Waals surface area contributed by atoms with E-state index in [1.165, 1.54) is 0 Å². The van der Waals surface area contributed by atoms with Crippen LogP contribution in [-0.4, -0.2) is 55.5 Å². The van der Waals surface area contributed by atoms with Crippen molar-refractivity contribution in [2.24, 2.45) is 5.92 Å². The Balaban J connectivity index is 2.89. The van der Waals surface area contributed by atoms with Gasteiger partial charge < -0.3 is 19.1 Å². The van der Waals surface area contributed by atoms with Gasteiger partial charge in [0.2, 0.25) is 5.97 Å². The Morgan fingerprint density at radius 2 is 2.00 bits per heavy atom. The molecule has 1 N–H and O–H groups in total. The lowest BCUT2D eigenvalue weighted by atomic mass is 10.1. The predicted molar refractivity (Wildman–Crippen MR) is 99.0 cm³/mol. The molecule has 7 heteroatoms. The van der Waals surface area contributed by atoms with Crippen molar-refractivity contribution in [2.45, 2.75) is 52.7 Å². The maximum absolute atomic E-state index is 13.5. The zero-order chi connectivity index (χ0) is 19.9. The van der Waals surface area contributed by atoms with Gasteiger partial charge in [-0.15, -0.1) is 0 Å². The first-order valence-electron chi connectivity index (χ1n) is 8.78. The lowest BCUT2D eigenvalue weighted by Gasteiger charge is -2.28. The number of hydrogen-bond donors (Lipinski definition) is 1. The first kappa shape index (κ1) is 22.2. The molecule has 0 aromatic heterocycles. The third kappa shape index (κ3) is 6.78. The molecule has 1 saturated heterocycles. The number of carbonyl (C=O) groups is 1. The van der Waals surface area contributed by atoms with E-state index in [2.05, 4.69) is 0 Å². The maximum Gasteiger partial charge on any atom is 0.410 e. The third-order valence-electron chi connectivity index (χ3n) is 3.93. The van der Waals surface area contributed by atoms with Crippen molar-refractivity contribution < 1.29 is 23.4 Å². The van der Waals surface area contributed by atoms with Crippen LogP contribution in [0.5, 0.6) is 0 Å². The summed E-state index contributed by atoms with van der Waals surface area (Å²) >= 11 is 0. The number of amides is 1. The number of rotatable bonds is 7. The Kier molecular flexibility index (Phi) is 8.27. The zero-order valence-electron chi connectivity index (χ0n) is 16.6. The molecule has 0 radical (unpaired) electrons. The van der Waals surface area contributed by atoms with Crippen LogP contribution < -0.4 is 0 Å². The van der Waals surface area contributed by atoms with Gasteiger partial charge in [0.25, 0.3) is 0 Å². The number of carbonyl (C=O) groups excluding carboxylic acids is 1. The molecule has 148 valence electrons. The summed E-state index contributed by atoms with van der Waals surface area (Å²) in [6.45, 7) is 10.0. The minimum atomic E-state index is -1.13. The molecule has 1 fully saturated rings. The second kappa shape index (κ2) is 9.71. The van der Waals surface area contributed by atoms with Gasteiger partial charge in [0.1, 0.15) is 12.2 Å². The largest absolute Gasteiger partial charge is 0.486 e. The molecular weight excluding hydrogens is 339 g/mol. The summed E-state index contributed by atoms with van der Waals surface area (Å²) in [7, 11) is 1.62. The average Bonchev–Trinajstić information content (AvgIpc) is 2.89. The van der Waals surface area contributed by atoms with E-state index < -0.39 is 17.7 Å². The summed E-state index contributed by atoms with van der Waals surface area (Å²) in [4.78, 5) is 14.1. The van der Waals surface area contributed by atoms with Crippen molar-refractivity contribution >= 4 is 12.1 Å². The molecule has 0 bridgehead atoms. The fourth-order valence-electron chi connectivity index (χ4n) is 2.93. The van der Waals surface area contributed by atoms with E-state index in [1.54, 1.807) is 38.0 Å². The molecule has 1 aliphatic rings. The van der Waals surface area contributed by atoms with Crippen molar-refractivity contribution in [2.75, 3.05) is 26.9 Å². The van der Waals surface area contributed by atoms with Gasteiger partial charge >= 0.3 is 6.09 Å². The summed E-state index contributed by atoms with van der Waals surface area (Å²) in [6, 6.07) is -0.266. The molecule has 2 unspecified atom stereocenters. The van der Waals surface area contributed by atoms with E-state index in [1.807, 2.05) is 20.8 Å². The van der Waals surface area contributed by atoms with Crippen molar-refractivity contribution in [3.8, 4) is 0 Å². The summed E-state index contributed by atoms with van der Waals surface area (Å²) in [5.41, 5.74) is -0.0773. The fourth-order valence-corrected chi connectivity index (χ4v) is 2.93. The van der Waals surface area contributed by atoms with Gasteiger partial charge in [-0.1, -0.05) is 12.2 Å². The molecule has 0 saturated carbocycles. The zero-order valence-corrected chi connectivity index (χ0v) is 16.6. The summed E-state index contributed by atoms with van der Waals surface area (Å²) in [5.74, 6) is -1.08. The normalized spacial score (nSPS) is 21.7. The number of methoxy groups -OCH3 is 1. The van der Waals surface area contributed by atoms with E-state index in [9.17, 15) is 9.18 Å². The summed E-state index contributed by atoms with van der Waals surface area (Å²) < 4.78 is 29.8. The predicted octanol–water partition coefficient (Wildman–Crippen LogP) is 4.07. The number of ether oxygens (including phenoxy) is 3. The van der Waals surface area contributed by atoms with Gasteiger partial charge in [0.05, 0.1) is 12.6 Å². The number of halogens is 1. The van der Waals surface area contributed by atoms with Gasteiger partial charge in [0, 0.05) is 19.6 Å². The minimum Gasteiger partial charge on any atom is -0.486 e. The first-order chi connectivity index (χ1) is 12.1. The Bertz CT molecular complexity index is 566. The van der Waals surface area contributed by atoms with Crippen LogP contribution in [0.25, 0.3) is 0 Å². The number of nitrogens with zero attached hydrogens (tertiary/aromatic N) is 1. The van der Waals surface area contributed by atoms with Crippen LogP contribution in [0.4, 0.5) is 9.18 Å². The summed E-state index contributed by atoms with van der Waals surface area (Å²) in [6.07, 6.45) is 3.68. The first-order valence-corrected chi connectivity index (χ1v) is 8.78. The van der Waals surface area contributed by atoms with Gasteiger partial charge in [-0.3, -0.25) is 5.41 Å². The molecule has 0 aromatic carbocycles. The molecule has 6 nitrogen and oxygen atoms in total. The highest BCUT2D eigenvalue weighted by molar-refractivity contribution is 5.89. The molecular formula is C19H31FN2O4. The summed E-state index contributed by atoms with van der Waals surface area (Å²) in [5, 5.41) is 7.28. The SMILES string of the molecule is C/C=C\C(C)=C(\OCC1CC(COC)CN1C(=O)OC(C)(C)C)C(=N)F. The standard InChI is InChI=1S/C19H31FN2O4/c1-7-8-13(2)16(17(20)21)25-12-15-9-14(11-24-6)10-22(15)18(23)26-19(3,4)5/h7-8,14-15,21H,9-12H2,1-6H3/b8-7-,16-13+,21-17?. The van der Waals surface area contributed by atoms with Crippen LogP contribution in [0.15, 0.2) is 23.5 Å². The van der Waals surface area contributed by atoms with Gasteiger partial charge in [-0.05, 0) is 46.6 Å². The van der Waals surface area contributed by atoms with Crippen molar-refractivity contribution in [1.82, 2.24) is 4.90 Å².